The second-order valence-corrected chi connectivity index (χ2v) is 8.18. The Kier molecular flexibility index (Phi) is 9.12. The Morgan fingerprint density at radius 2 is 2.00 bits per heavy atom. The molecule has 0 spiro atoms. The van der Waals surface area contributed by atoms with Crippen LogP contribution < -0.4 is 20.9 Å². The zero-order valence-corrected chi connectivity index (χ0v) is 20.3. The molecule has 2 aliphatic heterocycles. The molecule has 0 unspecified atom stereocenters. The highest BCUT2D eigenvalue weighted by Crippen LogP contribution is 2.33. The van der Waals surface area contributed by atoms with Crippen LogP contribution in [0.4, 0.5) is 11.5 Å². The number of unbranched alkanes of at least 4 members (excludes halogenated alkanes) is 1. The highest BCUT2D eigenvalue weighted by atomic mass is 16.5. The molecule has 1 aromatic carbocycles. The summed E-state index contributed by atoms with van der Waals surface area (Å²) in [5.74, 6) is 0.575. The minimum Gasteiger partial charge on any atom is -0.382 e. The number of pyridine rings is 1. The summed E-state index contributed by atoms with van der Waals surface area (Å²) < 4.78 is 5.46. The van der Waals surface area contributed by atoms with Crippen LogP contribution in [0.5, 0.6) is 0 Å². The average Bonchev–Trinajstić information content (AvgIpc) is 3.22. The SMILES string of the molecule is CCCC.CNCc1cc(N2CCOCC2)cc2c1CN(c1cccc(C(N)=NC=N)n1)C2=O. The Bertz CT molecular complexity index is 1030. The number of amides is 1. The molecule has 4 rings (SSSR count). The first-order chi connectivity index (χ1) is 16.5. The average molecular weight is 466 g/mol. The fraction of sp³-hybridized carbons (Fsp3) is 0.440. The lowest BCUT2D eigenvalue weighted by Crippen LogP contribution is -2.36. The van der Waals surface area contributed by atoms with Crippen molar-refractivity contribution in [1.29, 1.82) is 5.41 Å². The highest BCUT2D eigenvalue weighted by molar-refractivity contribution is 6.10. The number of aromatic nitrogens is 1. The molecule has 4 N–H and O–H groups in total. The molecule has 182 valence electrons. The molecule has 9 heteroatoms. The topological polar surface area (TPSA) is 120 Å². The maximum atomic E-state index is 13.3. The molecule has 34 heavy (non-hydrogen) atoms. The second kappa shape index (κ2) is 12.2. The zero-order valence-electron chi connectivity index (χ0n) is 20.3. The fourth-order valence-corrected chi connectivity index (χ4v) is 3.86. The Morgan fingerprint density at radius 1 is 1.26 bits per heavy atom. The van der Waals surface area contributed by atoms with E-state index in [1.807, 2.05) is 13.1 Å². The summed E-state index contributed by atoms with van der Waals surface area (Å²) in [6.45, 7) is 8.48. The van der Waals surface area contributed by atoms with Crippen LogP contribution in [-0.4, -0.2) is 56.4 Å². The van der Waals surface area contributed by atoms with Crippen LogP contribution in [0.15, 0.2) is 35.3 Å². The number of morpholine rings is 1. The molecule has 0 bridgehead atoms. The van der Waals surface area contributed by atoms with E-state index in [0.29, 0.717) is 43.4 Å². The number of aliphatic imine (C=N–C) groups is 1. The molecule has 3 heterocycles. The summed E-state index contributed by atoms with van der Waals surface area (Å²) in [7, 11) is 1.90. The summed E-state index contributed by atoms with van der Waals surface area (Å²) in [5, 5.41) is 10.3. The monoisotopic (exact) mass is 465 g/mol. The lowest BCUT2D eigenvalue weighted by molar-refractivity contribution is 0.0996. The van der Waals surface area contributed by atoms with E-state index >= 15 is 0 Å². The van der Waals surface area contributed by atoms with E-state index in [4.69, 9.17) is 15.9 Å². The molecule has 1 fully saturated rings. The number of benzene rings is 1. The van der Waals surface area contributed by atoms with Gasteiger partial charge in [-0.1, -0.05) is 32.8 Å². The first-order valence-corrected chi connectivity index (χ1v) is 11.8. The van der Waals surface area contributed by atoms with Gasteiger partial charge in [0, 0.05) is 30.9 Å². The number of hydrogen-bond donors (Lipinski definition) is 3. The maximum Gasteiger partial charge on any atom is 0.260 e. The molecule has 2 aromatic rings. The predicted octanol–water partition coefficient (Wildman–Crippen LogP) is 2.92. The number of hydrogen-bond acceptors (Lipinski definition) is 6. The van der Waals surface area contributed by atoms with E-state index in [-0.39, 0.29) is 11.7 Å². The molecule has 0 aliphatic carbocycles. The first kappa shape index (κ1) is 25.3. The van der Waals surface area contributed by atoms with Crippen molar-refractivity contribution in [2.24, 2.45) is 10.7 Å². The van der Waals surface area contributed by atoms with E-state index in [1.165, 1.54) is 12.8 Å². The third-order valence-electron chi connectivity index (χ3n) is 5.84. The van der Waals surface area contributed by atoms with E-state index in [2.05, 4.69) is 40.1 Å². The number of nitrogens with two attached hydrogens (primary N) is 1. The number of nitrogens with one attached hydrogen (secondary N) is 2. The van der Waals surface area contributed by atoms with Gasteiger partial charge in [-0.2, -0.15) is 0 Å². The Hall–Kier alpha value is -3.30. The van der Waals surface area contributed by atoms with Gasteiger partial charge in [0.2, 0.25) is 0 Å². The van der Waals surface area contributed by atoms with Gasteiger partial charge < -0.3 is 20.7 Å². The number of anilines is 2. The summed E-state index contributed by atoms with van der Waals surface area (Å²) in [6.07, 6.45) is 3.51. The van der Waals surface area contributed by atoms with Gasteiger partial charge in [-0.25, -0.2) is 9.98 Å². The number of rotatable bonds is 7. The van der Waals surface area contributed by atoms with Gasteiger partial charge in [-0.15, -0.1) is 0 Å². The van der Waals surface area contributed by atoms with Gasteiger partial charge in [0.05, 0.1) is 19.8 Å². The number of fused-ring (bicyclic) bond motifs is 1. The quantitative estimate of drug-likeness (QED) is 0.427. The summed E-state index contributed by atoms with van der Waals surface area (Å²) in [6, 6.07) is 9.43. The molecule has 1 saturated heterocycles. The first-order valence-electron chi connectivity index (χ1n) is 11.8. The van der Waals surface area contributed by atoms with Gasteiger partial charge in [-0.05, 0) is 42.4 Å². The van der Waals surface area contributed by atoms with Gasteiger partial charge in [0.1, 0.15) is 17.9 Å². The van der Waals surface area contributed by atoms with Crippen molar-refractivity contribution < 1.29 is 9.53 Å². The van der Waals surface area contributed by atoms with Gasteiger partial charge in [0.15, 0.2) is 5.84 Å². The highest BCUT2D eigenvalue weighted by Gasteiger charge is 2.32. The van der Waals surface area contributed by atoms with E-state index in [9.17, 15) is 4.79 Å². The fourth-order valence-electron chi connectivity index (χ4n) is 3.86. The Morgan fingerprint density at radius 3 is 2.65 bits per heavy atom. The molecule has 0 saturated carbocycles. The van der Waals surface area contributed by atoms with Crippen LogP contribution in [0.3, 0.4) is 0 Å². The van der Waals surface area contributed by atoms with Gasteiger partial charge >= 0.3 is 0 Å². The van der Waals surface area contributed by atoms with Crippen LogP contribution in [0, 0.1) is 5.41 Å². The molecule has 1 aromatic heterocycles. The lowest BCUT2D eigenvalue weighted by Gasteiger charge is -2.29. The van der Waals surface area contributed by atoms with E-state index < -0.39 is 0 Å². The van der Waals surface area contributed by atoms with Crippen molar-refractivity contribution in [3.63, 3.8) is 0 Å². The number of carbonyl (C=O) groups excluding carboxylic acids is 1. The molecule has 1 amide bonds. The minimum atomic E-state index is -0.0790. The minimum absolute atomic E-state index is 0.0790. The predicted molar refractivity (Wildman–Crippen MR) is 137 cm³/mol. The van der Waals surface area contributed by atoms with Crippen molar-refractivity contribution >= 4 is 29.6 Å². The molecular weight excluding hydrogens is 430 g/mol. The van der Waals surface area contributed by atoms with Crippen LogP contribution in [0.1, 0.15) is 53.9 Å². The molecule has 0 atom stereocenters. The molecular formula is C25H35N7O2. The molecule has 9 nitrogen and oxygen atoms in total. The third-order valence-corrected chi connectivity index (χ3v) is 5.84. The van der Waals surface area contributed by atoms with Gasteiger partial charge in [-0.3, -0.25) is 15.1 Å². The van der Waals surface area contributed by atoms with Crippen LogP contribution >= 0.6 is 0 Å². The van der Waals surface area contributed by atoms with Crippen molar-refractivity contribution in [1.82, 2.24) is 10.3 Å². The Balaban J connectivity index is 0.000000751. The van der Waals surface area contributed by atoms with Crippen LogP contribution in [0.2, 0.25) is 0 Å². The smallest absolute Gasteiger partial charge is 0.260 e. The standard InChI is InChI=1S/C21H25N7O2.C4H10/c1-24-11-14-9-15(27-5-7-30-8-6-27)10-16-17(14)12-28(21(16)29)19-4-2-3-18(26-19)20(23)25-13-22;1-3-4-2/h2-4,9-10,13,24H,5-8,11-12H2,1H3,(H3,22,23,25);3-4H2,1-2H3. The van der Waals surface area contributed by atoms with Crippen molar-refractivity contribution in [3.05, 3.63) is 52.7 Å². The maximum absolute atomic E-state index is 13.3. The Labute approximate surface area is 201 Å². The second-order valence-electron chi connectivity index (χ2n) is 8.18. The molecule has 0 radical (unpaired) electrons. The summed E-state index contributed by atoms with van der Waals surface area (Å²) >= 11 is 0. The van der Waals surface area contributed by atoms with Crippen molar-refractivity contribution in [3.8, 4) is 0 Å². The van der Waals surface area contributed by atoms with Crippen molar-refractivity contribution in [2.75, 3.05) is 43.2 Å². The molecule has 2 aliphatic rings. The summed E-state index contributed by atoms with van der Waals surface area (Å²) in [4.78, 5) is 25.5. The lowest BCUT2D eigenvalue weighted by atomic mass is 10.0. The number of carbonyl (C=O) groups is 1. The van der Waals surface area contributed by atoms with Crippen LogP contribution in [0.25, 0.3) is 0 Å². The largest absolute Gasteiger partial charge is 0.382 e. The normalized spacial score (nSPS) is 15.6. The number of ether oxygens (including phenoxy) is 1. The van der Waals surface area contributed by atoms with E-state index in [1.54, 1.807) is 23.1 Å². The zero-order chi connectivity index (χ0) is 24.5. The van der Waals surface area contributed by atoms with Gasteiger partial charge in [0.25, 0.3) is 5.91 Å². The third kappa shape index (κ3) is 5.78. The summed E-state index contributed by atoms with van der Waals surface area (Å²) in [5.41, 5.74) is 10.2. The van der Waals surface area contributed by atoms with Crippen molar-refractivity contribution in [2.45, 2.75) is 39.8 Å². The number of amidine groups is 1. The van der Waals surface area contributed by atoms with E-state index in [0.717, 1.165) is 36.2 Å². The van der Waals surface area contributed by atoms with Crippen LogP contribution in [-0.2, 0) is 17.8 Å². The number of nitrogens with zero attached hydrogens (tertiary/aromatic N) is 4.